The first-order valence-electron chi connectivity index (χ1n) is 6.92. The van der Waals surface area contributed by atoms with Gasteiger partial charge in [0, 0.05) is 53.1 Å². The molecule has 0 unspecified atom stereocenters. The maximum Gasteiger partial charge on any atom is 0.246 e. The monoisotopic (exact) mass is 286 g/mol. The van der Waals surface area contributed by atoms with Crippen molar-refractivity contribution in [3.8, 4) is 0 Å². The van der Waals surface area contributed by atoms with E-state index in [1.54, 1.807) is 0 Å². The molecule has 0 aromatic carbocycles. The number of nitrogens with zero attached hydrogens (tertiary/aromatic N) is 1. The summed E-state index contributed by atoms with van der Waals surface area (Å²) >= 11 is 0. The van der Waals surface area contributed by atoms with Gasteiger partial charge in [0.2, 0.25) is 5.91 Å². The molecule has 0 aromatic heterocycles. The summed E-state index contributed by atoms with van der Waals surface area (Å²) in [7, 11) is -0.657. The molecule has 5 heteroatoms. The molecule has 0 spiro atoms. The van der Waals surface area contributed by atoms with Gasteiger partial charge in [-0.15, -0.1) is 0 Å². The molecule has 0 aliphatic carbocycles. The van der Waals surface area contributed by atoms with Crippen LogP contribution in [0.4, 0.5) is 0 Å². The second kappa shape index (κ2) is 7.20. The first-order valence-corrected chi connectivity index (χ1v) is 8.40. The zero-order valence-corrected chi connectivity index (χ0v) is 13.3. The Kier molecular flexibility index (Phi) is 6.20. The minimum absolute atomic E-state index is 0.00973. The molecule has 1 saturated heterocycles. The number of allylic oxidation sites excluding steroid dienone is 1. The summed E-state index contributed by atoms with van der Waals surface area (Å²) < 4.78 is 11.4. The third kappa shape index (κ3) is 5.07. The molecule has 0 radical (unpaired) electrons. The highest BCUT2D eigenvalue weighted by atomic mass is 32.2. The van der Waals surface area contributed by atoms with Crippen molar-refractivity contribution in [1.82, 2.24) is 10.2 Å². The highest BCUT2D eigenvalue weighted by Crippen LogP contribution is 2.16. The first-order chi connectivity index (χ1) is 8.86. The second-order valence-electron chi connectivity index (χ2n) is 5.63. The van der Waals surface area contributed by atoms with E-state index >= 15 is 0 Å². The Morgan fingerprint density at radius 3 is 2.47 bits per heavy atom. The van der Waals surface area contributed by atoms with Crippen LogP contribution in [0.15, 0.2) is 11.6 Å². The van der Waals surface area contributed by atoms with Gasteiger partial charge in [0.15, 0.2) is 0 Å². The lowest BCUT2D eigenvalue weighted by Crippen LogP contribution is -2.55. The normalized spacial score (nSPS) is 19.5. The van der Waals surface area contributed by atoms with Crippen LogP contribution in [0, 0.1) is 0 Å². The van der Waals surface area contributed by atoms with Gasteiger partial charge >= 0.3 is 0 Å². The molecule has 0 aromatic rings. The summed E-state index contributed by atoms with van der Waals surface area (Å²) in [5.74, 6) is 1.49. The summed E-state index contributed by atoms with van der Waals surface area (Å²) in [6, 6.07) is 0. The van der Waals surface area contributed by atoms with Crippen LogP contribution in [0.25, 0.3) is 0 Å². The molecule has 1 N–H and O–H groups in total. The van der Waals surface area contributed by atoms with Crippen LogP contribution in [0.5, 0.6) is 0 Å². The lowest BCUT2D eigenvalue weighted by molar-refractivity contribution is -0.118. The van der Waals surface area contributed by atoms with Crippen LogP contribution in [0.2, 0.25) is 0 Å². The number of nitrogens with one attached hydrogen (secondary N) is 1. The second-order valence-corrected chi connectivity index (χ2v) is 7.32. The van der Waals surface area contributed by atoms with Crippen molar-refractivity contribution in [2.75, 3.05) is 31.1 Å². The number of amides is 1. The molecule has 1 rings (SSSR count). The molecule has 1 heterocycles. The molecule has 1 fully saturated rings. The SMILES string of the molecule is CCC=C(C)C(=O)NCC(C)(C)N1CCS(=O)CC1. The van der Waals surface area contributed by atoms with Gasteiger partial charge in [-0.05, 0) is 27.2 Å². The Hall–Kier alpha value is -0.680. The fraction of sp³-hybridized carbons (Fsp3) is 0.786. The Labute approximate surface area is 119 Å². The quantitative estimate of drug-likeness (QED) is 0.775. The topological polar surface area (TPSA) is 49.4 Å². The molecule has 19 heavy (non-hydrogen) atoms. The smallest absolute Gasteiger partial charge is 0.246 e. The van der Waals surface area contributed by atoms with Crippen LogP contribution in [0.3, 0.4) is 0 Å². The highest BCUT2D eigenvalue weighted by molar-refractivity contribution is 7.85. The van der Waals surface area contributed by atoms with Crippen molar-refractivity contribution in [2.24, 2.45) is 0 Å². The van der Waals surface area contributed by atoms with E-state index in [1.807, 2.05) is 19.9 Å². The molecular formula is C14H26N2O2S. The predicted octanol–water partition coefficient (Wildman–Crippen LogP) is 1.30. The molecule has 0 saturated carbocycles. The molecule has 110 valence electrons. The van der Waals surface area contributed by atoms with E-state index < -0.39 is 10.8 Å². The van der Waals surface area contributed by atoms with Crippen molar-refractivity contribution in [3.05, 3.63) is 11.6 Å². The number of hydrogen-bond acceptors (Lipinski definition) is 3. The molecule has 0 bridgehead atoms. The Balaban J connectivity index is 2.48. The van der Waals surface area contributed by atoms with Gasteiger partial charge < -0.3 is 5.32 Å². The van der Waals surface area contributed by atoms with Gasteiger partial charge in [0.25, 0.3) is 0 Å². The van der Waals surface area contributed by atoms with E-state index in [0.29, 0.717) is 6.54 Å². The van der Waals surface area contributed by atoms with Crippen LogP contribution in [-0.4, -0.2) is 51.7 Å². The van der Waals surface area contributed by atoms with Crippen molar-refractivity contribution < 1.29 is 9.00 Å². The molecule has 1 aliphatic rings. The van der Waals surface area contributed by atoms with Crippen LogP contribution in [-0.2, 0) is 15.6 Å². The van der Waals surface area contributed by atoms with Crippen molar-refractivity contribution >= 4 is 16.7 Å². The fourth-order valence-corrected chi connectivity index (χ4v) is 3.24. The highest BCUT2D eigenvalue weighted by Gasteiger charge is 2.29. The van der Waals surface area contributed by atoms with Crippen LogP contribution < -0.4 is 5.32 Å². The minimum Gasteiger partial charge on any atom is -0.350 e. The third-order valence-corrected chi connectivity index (χ3v) is 4.86. The summed E-state index contributed by atoms with van der Waals surface area (Å²) in [4.78, 5) is 14.2. The molecule has 1 aliphatic heterocycles. The van der Waals surface area contributed by atoms with Gasteiger partial charge in [-0.3, -0.25) is 13.9 Å². The third-order valence-electron chi connectivity index (χ3n) is 3.58. The Bertz CT molecular complexity index is 368. The van der Waals surface area contributed by atoms with Gasteiger partial charge in [0.1, 0.15) is 0 Å². The first kappa shape index (κ1) is 16.4. The largest absolute Gasteiger partial charge is 0.350 e. The van der Waals surface area contributed by atoms with Gasteiger partial charge in [-0.25, -0.2) is 0 Å². The van der Waals surface area contributed by atoms with Crippen LogP contribution in [0.1, 0.15) is 34.1 Å². The van der Waals surface area contributed by atoms with E-state index in [0.717, 1.165) is 36.6 Å². The number of carbonyl (C=O) groups is 1. The van der Waals surface area contributed by atoms with Crippen LogP contribution >= 0.6 is 0 Å². The molecule has 1 amide bonds. The van der Waals surface area contributed by atoms with Crippen molar-refractivity contribution in [2.45, 2.75) is 39.7 Å². The molecular weight excluding hydrogens is 260 g/mol. The lowest BCUT2D eigenvalue weighted by atomic mass is 10.0. The summed E-state index contributed by atoms with van der Waals surface area (Å²) in [5.41, 5.74) is 0.685. The van der Waals surface area contributed by atoms with Crippen molar-refractivity contribution in [3.63, 3.8) is 0 Å². The van der Waals surface area contributed by atoms with E-state index in [9.17, 15) is 9.00 Å². The minimum atomic E-state index is -0.657. The lowest BCUT2D eigenvalue weighted by Gasteiger charge is -2.40. The number of carbonyl (C=O) groups excluding carboxylic acids is 1. The average molecular weight is 286 g/mol. The maximum absolute atomic E-state index is 11.9. The van der Waals surface area contributed by atoms with Gasteiger partial charge in [-0.2, -0.15) is 0 Å². The fourth-order valence-electron chi connectivity index (χ4n) is 2.19. The van der Waals surface area contributed by atoms with E-state index in [4.69, 9.17) is 0 Å². The molecule has 0 atom stereocenters. The maximum atomic E-state index is 11.9. The number of hydrogen-bond donors (Lipinski definition) is 1. The number of rotatable bonds is 5. The zero-order valence-electron chi connectivity index (χ0n) is 12.5. The van der Waals surface area contributed by atoms with Crippen molar-refractivity contribution in [1.29, 1.82) is 0 Å². The van der Waals surface area contributed by atoms with Gasteiger partial charge in [0.05, 0.1) is 0 Å². The van der Waals surface area contributed by atoms with E-state index in [1.165, 1.54) is 0 Å². The Morgan fingerprint density at radius 1 is 1.37 bits per heavy atom. The van der Waals surface area contributed by atoms with E-state index in [-0.39, 0.29) is 11.4 Å². The van der Waals surface area contributed by atoms with Gasteiger partial charge in [-0.1, -0.05) is 13.0 Å². The standard InChI is InChI=1S/C14H26N2O2S/c1-5-6-12(2)13(17)15-11-14(3,4)16-7-9-19(18)10-8-16/h6H,5,7-11H2,1-4H3,(H,15,17). The summed E-state index contributed by atoms with van der Waals surface area (Å²) in [6.45, 7) is 10.4. The zero-order chi connectivity index (χ0) is 14.5. The Morgan fingerprint density at radius 2 is 1.95 bits per heavy atom. The van der Waals surface area contributed by atoms with E-state index in [2.05, 4.69) is 24.1 Å². The molecule has 4 nitrogen and oxygen atoms in total. The summed E-state index contributed by atoms with van der Waals surface area (Å²) in [6.07, 6.45) is 2.81. The summed E-state index contributed by atoms with van der Waals surface area (Å²) in [5, 5.41) is 2.99. The predicted molar refractivity (Wildman–Crippen MR) is 80.6 cm³/mol. The average Bonchev–Trinajstić information content (AvgIpc) is 2.37.